The Morgan fingerprint density at radius 3 is 3.00 bits per heavy atom. The van der Waals surface area contributed by atoms with Gasteiger partial charge in [-0.05, 0) is 25.8 Å². The Morgan fingerprint density at radius 2 is 2.23 bits per heavy atom. The third-order valence-corrected chi connectivity index (χ3v) is 5.32. The number of nitrogens with one attached hydrogen (secondary N) is 1. The van der Waals surface area contributed by atoms with E-state index < -0.39 is 11.9 Å². The fraction of sp³-hybridized carbons (Fsp3) is 0.579. The van der Waals surface area contributed by atoms with Crippen molar-refractivity contribution in [1.29, 1.82) is 0 Å². The van der Waals surface area contributed by atoms with E-state index in [9.17, 15) is 18.0 Å². The van der Waals surface area contributed by atoms with Crippen LogP contribution in [0.3, 0.4) is 0 Å². The van der Waals surface area contributed by atoms with Gasteiger partial charge in [0.05, 0.1) is 18.9 Å². The Hall–Kier alpha value is -2.69. The van der Waals surface area contributed by atoms with E-state index in [1.54, 1.807) is 6.20 Å². The Labute approximate surface area is 171 Å². The summed E-state index contributed by atoms with van der Waals surface area (Å²) in [6.45, 7) is 3.74. The quantitative estimate of drug-likeness (QED) is 0.807. The van der Waals surface area contributed by atoms with Crippen molar-refractivity contribution in [3.63, 3.8) is 0 Å². The van der Waals surface area contributed by atoms with E-state index in [2.05, 4.69) is 20.4 Å². The lowest BCUT2D eigenvalue weighted by molar-refractivity contribution is -0.141. The number of nitrogens with zero attached hydrogens (tertiary/aromatic N) is 5. The van der Waals surface area contributed by atoms with Gasteiger partial charge in [0.1, 0.15) is 6.54 Å². The minimum atomic E-state index is -4.53. The summed E-state index contributed by atoms with van der Waals surface area (Å²) >= 11 is 0. The maximum Gasteiger partial charge on any atom is 0.435 e. The normalized spacial score (nSPS) is 19.5. The number of carbonyl (C=O) groups excluding carboxylic acids is 1. The van der Waals surface area contributed by atoms with Gasteiger partial charge in [0, 0.05) is 43.0 Å². The van der Waals surface area contributed by atoms with Crippen LogP contribution in [0.5, 0.6) is 0 Å². The third-order valence-electron chi connectivity index (χ3n) is 5.32. The lowest BCUT2D eigenvalue weighted by atomic mass is 10.1. The lowest BCUT2D eigenvalue weighted by Crippen LogP contribution is -2.49. The fourth-order valence-electron chi connectivity index (χ4n) is 3.77. The van der Waals surface area contributed by atoms with Gasteiger partial charge >= 0.3 is 6.18 Å². The van der Waals surface area contributed by atoms with Gasteiger partial charge in [-0.25, -0.2) is 9.97 Å². The maximum absolute atomic E-state index is 12.8. The van der Waals surface area contributed by atoms with Crippen LogP contribution in [-0.4, -0.2) is 51.4 Å². The van der Waals surface area contributed by atoms with Gasteiger partial charge < -0.3 is 15.0 Å². The highest BCUT2D eigenvalue weighted by molar-refractivity contribution is 5.76. The average molecular weight is 424 g/mol. The number of fused-ring (bicyclic) bond motifs is 1. The van der Waals surface area contributed by atoms with Crippen LogP contribution in [-0.2, 0) is 35.3 Å². The van der Waals surface area contributed by atoms with Crippen LogP contribution in [0.15, 0.2) is 12.3 Å². The number of anilines is 1. The molecule has 0 spiro atoms. The Bertz CT molecular complexity index is 929. The minimum absolute atomic E-state index is 0.132. The van der Waals surface area contributed by atoms with E-state index in [1.165, 1.54) is 6.92 Å². The first-order valence-electron chi connectivity index (χ1n) is 9.88. The second kappa shape index (κ2) is 8.21. The van der Waals surface area contributed by atoms with E-state index in [-0.39, 0.29) is 24.2 Å². The number of aryl methyl sites for hydroxylation is 1. The number of ether oxygens (including phenoxy) is 1. The Morgan fingerprint density at radius 1 is 1.40 bits per heavy atom. The van der Waals surface area contributed by atoms with Gasteiger partial charge in [0.2, 0.25) is 11.9 Å². The summed E-state index contributed by atoms with van der Waals surface area (Å²) in [5.74, 6) is 0.262. The molecule has 1 amide bonds. The van der Waals surface area contributed by atoms with E-state index >= 15 is 0 Å². The molecular formula is C19H23F3N6O2. The second-order valence-electron chi connectivity index (χ2n) is 7.62. The van der Waals surface area contributed by atoms with Gasteiger partial charge in [0.15, 0.2) is 5.69 Å². The summed E-state index contributed by atoms with van der Waals surface area (Å²) in [7, 11) is 0. The standard InChI is InChI=1S/C19H23F3N6O2/c1-12-7-16(19(20,21)22)26-28(12)10-17(29)24-14-3-2-5-27(9-14)18-23-8-13-11-30-6-4-15(13)25-18/h7-8,14H,2-6,9-11H2,1H3,(H,24,29)/t14-/m0/s1. The van der Waals surface area contributed by atoms with Crippen LogP contribution in [0.4, 0.5) is 19.1 Å². The van der Waals surface area contributed by atoms with Crippen molar-refractivity contribution in [1.82, 2.24) is 25.1 Å². The number of hydrogen-bond donors (Lipinski definition) is 1. The summed E-state index contributed by atoms with van der Waals surface area (Å²) < 4.78 is 44.9. The molecule has 0 unspecified atom stereocenters. The zero-order valence-corrected chi connectivity index (χ0v) is 16.6. The second-order valence-corrected chi connectivity index (χ2v) is 7.62. The highest BCUT2D eigenvalue weighted by atomic mass is 19.4. The van der Waals surface area contributed by atoms with Crippen molar-refractivity contribution in [3.8, 4) is 0 Å². The van der Waals surface area contributed by atoms with Crippen molar-refractivity contribution in [3.05, 3.63) is 34.9 Å². The van der Waals surface area contributed by atoms with Crippen LogP contribution in [0.25, 0.3) is 0 Å². The van der Waals surface area contributed by atoms with Crippen LogP contribution in [0.1, 0.15) is 35.5 Å². The highest BCUT2D eigenvalue weighted by Gasteiger charge is 2.34. The first-order chi connectivity index (χ1) is 14.3. The molecule has 162 valence electrons. The Balaban J connectivity index is 1.37. The van der Waals surface area contributed by atoms with Crippen molar-refractivity contribution in [2.24, 2.45) is 0 Å². The van der Waals surface area contributed by atoms with Crippen molar-refractivity contribution >= 4 is 11.9 Å². The molecule has 2 aromatic heterocycles. The largest absolute Gasteiger partial charge is 0.435 e. The van der Waals surface area contributed by atoms with Crippen molar-refractivity contribution in [2.45, 2.75) is 51.6 Å². The molecule has 2 aromatic rings. The topological polar surface area (TPSA) is 85.2 Å². The summed E-state index contributed by atoms with van der Waals surface area (Å²) in [6, 6.07) is 0.806. The predicted molar refractivity (Wildman–Crippen MR) is 101 cm³/mol. The summed E-state index contributed by atoms with van der Waals surface area (Å²) in [5, 5.41) is 6.41. The molecule has 1 atom stereocenters. The van der Waals surface area contributed by atoms with Gasteiger partial charge in [-0.1, -0.05) is 0 Å². The third kappa shape index (κ3) is 4.55. The van der Waals surface area contributed by atoms with Gasteiger partial charge in [0.25, 0.3) is 0 Å². The number of alkyl halides is 3. The first kappa shape index (κ1) is 20.6. The van der Waals surface area contributed by atoms with Crippen LogP contribution >= 0.6 is 0 Å². The monoisotopic (exact) mass is 424 g/mol. The molecule has 8 nitrogen and oxygen atoms in total. The minimum Gasteiger partial charge on any atom is -0.376 e. The van der Waals surface area contributed by atoms with Crippen LogP contribution in [0.2, 0.25) is 0 Å². The molecule has 0 aromatic carbocycles. The van der Waals surface area contributed by atoms with E-state index in [1.807, 2.05) is 4.90 Å². The van der Waals surface area contributed by atoms with Crippen molar-refractivity contribution < 1.29 is 22.7 Å². The molecule has 2 aliphatic rings. The van der Waals surface area contributed by atoms with E-state index in [0.717, 1.165) is 47.8 Å². The number of amides is 1. The van der Waals surface area contributed by atoms with Crippen molar-refractivity contribution in [2.75, 3.05) is 24.6 Å². The predicted octanol–water partition coefficient (Wildman–Crippen LogP) is 1.86. The van der Waals surface area contributed by atoms with Gasteiger partial charge in [-0.2, -0.15) is 18.3 Å². The molecule has 1 fully saturated rings. The summed E-state index contributed by atoms with van der Waals surface area (Å²) in [6.07, 6.45) is -0.350. The molecule has 1 saturated heterocycles. The fourth-order valence-corrected chi connectivity index (χ4v) is 3.77. The van der Waals surface area contributed by atoms with E-state index in [4.69, 9.17) is 4.74 Å². The number of piperidine rings is 1. The molecule has 0 aliphatic carbocycles. The molecule has 0 radical (unpaired) electrons. The van der Waals surface area contributed by atoms with Crippen LogP contribution < -0.4 is 10.2 Å². The molecular weight excluding hydrogens is 401 g/mol. The van der Waals surface area contributed by atoms with E-state index in [0.29, 0.717) is 25.7 Å². The zero-order valence-electron chi connectivity index (χ0n) is 16.6. The zero-order chi connectivity index (χ0) is 21.3. The summed E-state index contributed by atoms with van der Waals surface area (Å²) in [4.78, 5) is 23.5. The SMILES string of the molecule is Cc1cc(C(F)(F)F)nn1CC(=O)N[C@H]1CCCN(c2ncc3c(n2)CCOC3)C1. The van der Waals surface area contributed by atoms with Gasteiger partial charge in [-0.15, -0.1) is 0 Å². The molecule has 2 aliphatic heterocycles. The first-order valence-corrected chi connectivity index (χ1v) is 9.88. The number of carbonyl (C=O) groups is 1. The number of halogens is 3. The smallest absolute Gasteiger partial charge is 0.376 e. The molecule has 1 N–H and O–H groups in total. The lowest BCUT2D eigenvalue weighted by Gasteiger charge is -2.33. The van der Waals surface area contributed by atoms with Crippen LogP contribution in [0, 0.1) is 6.92 Å². The molecule has 0 bridgehead atoms. The average Bonchev–Trinajstić information content (AvgIpc) is 3.08. The molecule has 11 heteroatoms. The number of rotatable bonds is 4. The molecule has 4 rings (SSSR count). The molecule has 30 heavy (non-hydrogen) atoms. The highest BCUT2D eigenvalue weighted by Crippen LogP contribution is 2.28. The maximum atomic E-state index is 12.8. The molecule has 4 heterocycles. The number of aromatic nitrogens is 4. The summed E-state index contributed by atoms with van der Waals surface area (Å²) in [5.41, 5.74) is 1.28. The van der Waals surface area contributed by atoms with Gasteiger partial charge in [-0.3, -0.25) is 9.48 Å². The Kier molecular flexibility index (Phi) is 5.63. The number of hydrogen-bond acceptors (Lipinski definition) is 6. The molecule has 0 saturated carbocycles.